The second-order valence-electron chi connectivity index (χ2n) is 6.33. The summed E-state index contributed by atoms with van der Waals surface area (Å²) >= 11 is 6.14. The molecule has 1 aliphatic rings. The minimum absolute atomic E-state index is 0.411. The first-order valence-corrected chi connectivity index (χ1v) is 8.78. The monoisotopic (exact) mass is 308 g/mol. The molecule has 0 amide bonds. The lowest BCUT2D eigenvalue weighted by Crippen LogP contribution is -2.30. The molecule has 1 aliphatic heterocycles. The van der Waals surface area contributed by atoms with E-state index in [1.165, 1.54) is 44.5 Å². The molecule has 1 fully saturated rings. The highest BCUT2D eigenvalue weighted by molar-refractivity contribution is 6.30. The third-order valence-corrected chi connectivity index (χ3v) is 4.78. The molecule has 1 aromatic carbocycles. The van der Waals surface area contributed by atoms with E-state index >= 15 is 0 Å². The van der Waals surface area contributed by atoms with E-state index in [-0.39, 0.29) is 0 Å². The molecular formula is C18H29ClN2. The fourth-order valence-electron chi connectivity index (χ4n) is 3.21. The number of nitrogens with zero attached hydrogens (tertiary/aromatic N) is 1. The second-order valence-corrected chi connectivity index (χ2v) is 6.77. The molecule has 118 valence electrons. The van der Waals surface area contributed by atoms with E-state index < -0.39 is 0 Å². The lowest BCUT2D eigenvalue weighted by atomic mass is 10.0. The standard InChI is InChI=1S/C18H29ClN2/c1-3-20-18(16-7-4-8-17(19)14-16)10-13-21-11-5-6-15(2)9-12-21/h4,7-8,14-15,18,20H,3,5-6,9-13H2,1-2H3. The van der Waals surface area contributed by atoms with Crippen molar-refractivity contribution in [3.8, 4) is 0 Å². The van der Waals surface area contributed by atoms with Gasteiger partial charge in [-0.3, -0.25) is 0 Å². The van der Waals surface area contributed by atoms with Crippen molar-refractivity contribution in [3.63, 3.8) is 0 Å². The van der Waals surface area contributed by atoms with Crippen LogP contribution >= 0.6 is 11.6 Å². The summed E-state index contributed by atoms with van der Waals surface area (Å²) in [6, 6.07) is 8.69. The first-order chi connectivity index (χ1) is 10.2. The molecule has 0 aliphatic carbocycles. The van der Waals surface area contributed by atoms with Crippen LogP contribution in [0, 0.1) is 5.92 Å². The van der Waals surface area contributed by atoms with Crippen LogP contribution in [0.4, 0.5) is 0 Å². The van der Waals surface area contributed by atoms with E-state index in [2.05, 4.69) is 42.3 Å². The molecular weight excluding hydrogens is 280 g/mol. The van der Waals surface area contributed by atoms with Gasteiger partial charge in [0.25, 0.3) is 0 Å². The Balaban J connectivity index is 1.90. The van der Waals surface area contributed by atoms with Crippen molar-refractivity contribution in [3.05, 3.63) is 34.9 Å². The number of halogens is 1. The molecule has 2 unspecified atom stereocenters. The summed E-state index contributed by atoms with van der Waals surface area (Å²) in [6.45, 7) is 9.25. The van der Waals surface area contributed by atoms with E-state index in [1.807, 2.05) is 6.07 Å². The van der Waals surface area contributed by atoms with Gasteiger partial charge in [0, 0.05) is 11.1 Å². The summed E-state index contributed by atoms with van der Waals surface area (Å²) < 4.78 is 0. The lowest BCUT2D eigenvalue weighted by Gasteiger charge is -2.24. The van der Waals surface area contributed by atoms with Gasteiger partial charge in [0.1, 0.15) is 0 Å². The summed E-state index contributed by atoms with van der Waals surface area (Å²) in [5.41, 5.74) is 1.31. The topological polar surface area (TPSA) is 15.3 Å². The Hall–Kier alpha value is -0.570. The largest absolute Gasteiger partial charge is 0.310 e. The minimum Gasteiger partial charge on any atom is -0.310 e. The van der Waals surface area contributed by atoms with Crippen LogP contribution < -0.4 is 5.32 Å². The molecule has 0 radical (unpaired) electrons. The summed E-state index contributed by atoms with van der Waals surface area (Å²) in [4.78, 5) is 2.64. The Morgan fingerprint density at radius 1 is 1.33 bits per heavy atom. The molecule has 2 atom stereocenters. The maximum atomic E-state index is 6.14. The van der Waals surface area contributed by atoms with Crippen molar-refractivity contribution in [1.29, 1.82) is 0 Å². The van der Waals surface area contributed by atoms with Gasteiger partial charge in [-0.05, 0) is 75.5 Å². The third kappa shape index (κ3) is 5.61. The highest BCUT2D eigenvalue weighted by atomic mass is 35.5. The fourth-order valence-corrected chi connectivity index (χ4v) is 3.41. The average molecular weight is 309 g/mol. The van der Waals surface area contributed by atoms with Crippen molar-refractivity contribution in [2.45, 2.75) is 45.6 Å². The number of hydrogen-bond acceptors (Lipinski definition) is 2. The van der Waals surface area contributed by atoms with Crippen molar-refractivity contribution < 1.29 is 0 Å². The summed E-state index contributed by atoms with van der Waals surface area (Å²) in [5, 5.41) is 4.44. The first-order valence-electron chi connectivity index (χ1n) is 8.40. The number of likely N-dealkylation sites (tertiary alicyclic amines) is 1. The van der Waals surface area contributed by atoms with Crippen LogP contribution in [-0.2, 0) is 0 Å². The van der Waals surface area contributed by atoms with Gasteiger partial charge >= 0.3 is 0 Å². The van der Waals surface area contributed by atoms with E-state index in [0.29, 0.717) is 6.04 Å². The van der Waals surface area contributed by atoms with Gasteiger partial charge in [-0.1, -0.05) is 37.6 Å². The molecule has 21 heavy (non-hydrogen) atoms. The Bertz CT molecular complexity index is 421. The number of benzene rings is 1. The van der Waals surface area contributed by atoms with Gasteiger partial charge in [0.15, 0.2) is 0 Å². The Labute approximate surface area is 134 Å². The van der Waals surface area contributed by atoms with Crippen molar-refractivity contribution in [2.24, 2.45) is 5.92 Å². The van der Waals surface area contributed by atoms with Gasteiger partial charge in [0.2, 0.25) is 0 Å². The average Bonchev–Trinajstić information content (AvgIpc) is 2.68. The van der Waals surface area contributed by atoms with Crippen LogP contribution in [0.3, 0.4) is 0 Å². The third-order valence-electron chi connectivity index (χ3n) is 4.54. The van der Waals surface area contributed by atoms with E-state index in [4.69, 9.17) is 11.6 Å². The van der Waals surface area contributed by atoms with E-state index in [0.717, 1.165) is 23.9 Å². The SMILES string of the molecule is CCNC(CCN1CCCC(C)CC1)c1cccc(Cl)c1. The number of rotatable bonds is 6. The lowest BCUT2D eigenvalue weighted by molar-refractivity contribution is 0.264. The number of nitrogens with one attached hydrogen (secondary N) is 1. The molecule has 1 aromatic rings. The molecule has 3 heteroatoms. The van der Waals surface area contributed by atoms with Gasteiger partial charge in [0.05, 0.1) is 0 Å². The maximum absolute atomic E-state index is 6.14. The van der Waals surface area contributed by atoms with Gasteiger partial charge in [-0.2, -0.15) is 0 Å². The molecule has 1 saturated heterocycles. The first kappa shape index (κ1) is 16.8. The summed E-state index contributed by atoms with van der Waals surface area (Å²) in [7, 11) is 0. The molecule has 0 aromatic heterocycles. The molecule has 0 spiro atoms. The fraction of sp³-hybridized carbons (Fsp3) is 0.667. The minimum atomic E-state index is 0.411. The highest BCUT2D eigenvalue weighted by Crippen LogP contribution is 2.22. The van der Waals surface area contributed by atoms with E-state index in [9.17, 15) is 0 Å². The molecule has 0 bridgehead atoms. The zero-order chi connectivity index (χ0) is 15.1. The van der Waals surface area contributed by atoms with Crippen molar-refractivity contribution in [1.82, 2.24) is 10.2 Å². The molecule has 2 rings (SSSR count). The normalized spacial score (nSPS) is 22.0. The molecule has 1 N–H and O–H groups in total. The molecule has 0 saturated carbocycles. The molecule has 2 nitrogen and oxygen atoms in total. The van der Waals surface area contributed by atoms with Crippen LogP contribution in [0.5, 0.6) is 0 Å². The zero-order valence-corrected chi connectivity index (χ0v) is 14.2. The second kappa shape index (κ2) is 8.77. The van der Waals surface area contributed by atoms with Gasteiger partial charge < -0.3 is 10.2 Å². The summed E-state index contributed by atoms with van der Waals surface area (Å²) in [5.74, 6) is 0.896. The zero-order valence-electron chi connectivity index (χ0n) is 13.4. The summed E-state index contributed by atoms with van der Waals surface area (Å²) in [6.07, 6.45) is 5.25. The highest BCUT2D eigenvalue weighted by Gasteiger charge is 2.16. The van der Waals surface area contributed by atoms with Crippen LogP contribution in [0.25, 0.3) is 0 Å². The van der Waals surface area contributed by atoms with Crippen LogP contribution in [-0.4, -0.2) is 31.1 Å². The van der Waals surface area contributed by atoms with Crippen molar-refractivity contribution >= 4 is 11.6 Å². The van der Waals surface area contributed by atoms with Crippen molar-refractivity contribution in [2.75, 3.05) is 26.2 Å². The smallest absolute Gasteiger partial charge is 0.0409 e. The Kier molecular flexibility index (Phi) is 7.01. The van der Waals surface area contributed by atoms with Crippen LogP contribution in [0.2, 0.25) is 5.02 Å². The number of hydrogen-bond donors (Lipinski definition) is 1. The Morgan fingerprint density at radius 3 is 2.95 bits per heavy atom. The molecule has 1 heterocycles. The van der Waals surface area contributed by atoms with E-state index in [1.54, 1.807) is 0 Å². The van der Waals surface area contributed by atoms with Gasteiger partial charge in [-0.15, -0.1) is 0 Å². The van der Waals surface area contributed by atoms with Gasteiger partial charge in [-0.25, -0.2) is 0 Å². The predicted molar refractivity (Wildman–Crippen MR) is 91.9 cm³/mol. The predicted octanol–water partition coefficient (Wildman–Crippen LogP) is 4.50. The maximum Gasteiger partial charge on any atom is 0.0409 e. The van der Waals surface area contributed by atoms with Crippen LogP contribution in [0.15, 0.2) is 24.3 Å². The Morgan fingerprint density at radius 2 is 2.19 bits per heavy atom. The quantitative estimate of drug-likeness (QED) is 0.832. The van der Waals surface area contributed by atoms with Crippen LogP contribution in [0.1, 0.15) is 51.1 Å².